The molecule has 0 radical (unpaired) electrons. The Morgan fingerprint density at radius 3 is 2.54 bits per heavy atom. The van der Waals surface area contributed by atoms with Gasteiger partial charge in [-0.15, -0.1) is 12.4 Å². The number of benzene rings is 1. The number of hydrogen-bond acceptors (Lipinski definition) is 5. The summed E-state index contributed by atoms with van der Waals surface area (Å²) in [6.45, 7) is 1.07. The molecule has 2 atom stereocenters. The highest BCUT2D eigenvalue weighted by atomic mass is 35.5. The molecule has 1 heterocycles. The van der Waals surface area contributed by atoms with Crippen LogP contribution < -0.4 is 15.8 Å². The van der Waals surface area contributed by atoms with E-state index >= 15 is 0 Å². The lowest BCUT2D eigenvalue weighted by Gasteiger charge is -2.18. The first-order valence-electron chi connectivity index (χ1n) is 8.66. The van der Waals surface area contributed by atoms with Crippen molar-refractivity contribution in [2.24, 2.45) is 11.7 Å². The van der Waals surface area contributed by atoms with Crippen molar-refractivity contribution in [3.63, 3.8) is 0 Å². The van der Waals surface area contributed by atoms with Gasteiger partial charge in [0, 0.05) is 36.8 Å². The summed E-state index contributed by atoms with van der Waals surface area (Å²) in [6, 6.07) is 4.76. The molecule has 1 amide bonds. The van der Waals surface area contributed by atoms with Crippen LogP contribution in [0.3, 0.4) is 0 Å². The van der Waals surface area contributed by atoms with Gasteiger partial charge in [-0.25, -0.2) is 8.42 Å². The number of ether oxygens (including phenoxy) is 1. The standard InChI is InChI=1S/C17H25N3O4S.ClH/c1-24-15-11-14(19-17(21)12-4-5-13(18)10-12)6-7-16(15)25(22,23)20-8-2-3-9-20;/h6-7,11-13H,2-5,8-10,18H2,1H3,(H,19,21);1H. The molecule has 2 fully saturated rings. The van der Waals surface area contributed by atoms with Crippen LogP contribution in [0.4, 0.5) is 5.69 Å². The van der Waals surface area contributed by atoms with E-state index in [0.29, 0.717) is 25.2 Å². The SMILES string of the molecule is COc1cc(NC(=O)C2CCC(N)C2)ccc1S(=O)(=O)N1CCCC1.Cl. The third-order valence-electron chi connectivity index (χ3n) is 4.96. The Morgan fingerprint density at radius 2 is 1.96 bits per heavy atom. The molecule has 7 nitrogen and oxygen atoms in total. The van der Waals surface area contributed by atoms with Crippen molar-refractivity contribution in [2.75, 3.05) is 25.5 Å². The van der Waals surface area contributed by atoms with Gasteiger partial charge in [0.2, 0.25) is 15.9 Å². The maximum atomic E-state index is 12.7. The Kier molecular flexibility index (Phi) is 6.90. The molecule has 1 saturated heterocycles. The Balaban J connectivity index is 0.00000243. The van der Waals surface area contributed by atoms with Crippen LogP contribution in [-0.2, 0) is 14.8 Å². The van der Waals surface area contributed by atoms with Gasteiger partial charge in [0.25, 0.3) is 0 Å². The first-order chi connectivity index (χ1) is 11.9. The molecule has 1 aliphatic carbocycles. The van der Waals surface area contributed by atoms with Gasteiger partial charge < -0.3 is 15.8 Å². The number of hydrogen-bond donors (Lipinski definition) is 2. The summed E-state index contributed by atoms with van der Waals surface area (Å²) in [4.78, 5) is 12.5. The maximum absolute atomic E-state index is 12.7. The third kappa shape index (κ3) is 4.31. The Morgan fingerprint density at radius 1 is 1.27 bits per heavy atom. The molecule has 146 valence electrons. The van der Waals surface area contributed by atoms with Crippen molar-refractivity contribution in [1.82, 2.24) is 4.31 Å². The number of nitrogens with zero attached hydrogens (tertiary/aromatic N) is 1. The first-order valence-corrected chi connectivity index (χ1v) is 10.1. The molecule has 2 unspecified atom stereocenters. The highest BCUT2D eigenvalue weighted by Crippen LogP contribution is 2.32. The van der Waals surface area contributed by atoms with E-state index < -0.39 is 10.0 Å². The van der Waals surface area contributed by atoms with E-state index in [1.165, 1.54) is 17.5 Å². The Labute approximate surface area is 160 Å². The quantitative estimate of drug-likeness (QED) is 0.782. The number of carbonyl (C=O) groups is 1. The van der Waals surface area contributed by atoms with Crippen molar-refractivity contribution < 1.29 is 17.9 Å². The fourth-order valence-corrected chi connectivity index (χ4v) is 5.18. The summed E-state index contributed by atoms with van der Waals surface area (Å²) in [5.41, 5.74) is 6.39. The van der Waals surface area contributed by atoms with Crippen LogP contribution in [0.5, 0.6) is 5.75 Å². The fourth-order valence-electron chi connectivity index (χ4n) is 3.52. The number of methoxy groups -OCH3 is 1. The summed E-state index contributed by atoms with van der Waals surface area (Å²) in [6.07, 6.45) is 4.07. The molecule has 1 aliphatic heterocycles. The largest absolute Gasteiger partial charge is 0.495 e. The minimum atomic E-state index is -3.57. The van der Waals surface area contributed by atoms with E-state index in [9.17, 15) is 13.2 Å². The third-order valence-corrected chi connectivity index (χ3v) is 6.90. The molecule has 0 spiro atoms. The molecule has 0 bridgehead atoms. The highest BCUT2D eigenvalue weighted by molar-refractivity contribution is 7.89. The van der Waals surface area contributed by atoms with Gasteiger partial charge in [-0.3, -0.25) is 4.79 Å². The average Bonchev–Trinajstić information content (AvgIpc) is 3.26. The lowest BCUT2D eigenvalue weighted by atomic mass is 10.1. The van der Waals surface area contributed by atoms with Crippen molar-refractivity contribution >= 4 is 34.0 Å². The van der Waals surface area contributed by atoms with E-state index in [1.807, 2.05) is 0 Å². The van der Waals surface area contributed by atoms with Gasteiger partial charge in [-0.1, -0.05) is 0 Å². The number of amides is 1. The number of halogens is 1. The molecular formula is C17H26ClN3O4S. The molecule has 3 rings (SSSR count). The highest BCUT2D eigenvalue weighted by Gasteiger charge is 2.31. The lowest BCUT2D eigenvalue weighted by molar-refractivity contribution is -0.119. The smallest absolute Gasteiger partial charge is 0.246 e. The predicted octanol–water partition coefficient (Wildman–Crippen LogP) is 1.97. The number of anilines is 1. The van der Waals surface area contributed by atoms with Gasteiger partial charge in [-0.05, 0) is 44.2 Å². The molecule has 0 aromatic heterocycles. The second kappa shape index (κ2) is 8.56. The minimum absolute atomic E-state index is 0. The summed E-state index contributed by atoms with van der Waals surface area (Å²) in [5.74, 6) is 0.0759. The van der Waals surface area contributed by atoms with Crippen LogP contribution in [0.2, 0.25) is 0 Å². The zero-order valence-corrected chi connectivity index (χ0v) is 16.4. The van der Waals surface area contributed by atoms with Crippen LogP contribution in [0, 0.1) is 5.92 Å². The normalized spacial score (nSPS) is 23.5. The van der Waals surface area contributed by atoms with Crippen molar-refractivity contribution in [2.45, 2.75) is 43.0 Å². The lowest BCUT2D eigenvalue weighted by Crippen LogP contribution is -2.28. The maximum Gasteiger partial charge on any atom is 0.246 e. The fraction of sp³-hybridized carbons (Fsp3) is 0.588. The monoisotopic (exact) mass is 403 g/mol. The molecular weight excluding hydrogens is 378 g/mol. The summed E-state index contributed by atoms with van der Waals surface area (Å²) in [5, 5.41) is 2.84. The van der Waals surface area contributed by atoms with Crippen LogP contribution in [0.15, 0.2) is 23.1 Å². The second-order valence-electron chi connectivity index (χ2n) is 6.74. The Bertz CT molecular complexity index is 750. The molecule has 2 aliphatic rings. The van der Waals surface area contributed by atoms with Crippen molar-refractivity contribution in [3.8, 4) is 5.75 Å². The van der Waals surface area contributed by atoms with Gasteiger partial charge >= 0.3 is 0 Å². The van der Waals surface area contributed by atoms with Crippen LogP contribution in [-0.4, -0.2) is 44.9 Å². The van der Waals surface area contributed by atoms with E-state index in [1.54, 1.807) is 12.1 Å². The zero-order valence-electron chi connectivity index (χ0n) is 14.8. The minimum Gasteiger partial charge on any atom is -0.495 e. The van der Waals surface area contributed by atoms with Gasteiger partial charge in [0.15, 0.2) is 0 Å². The number of nitrogens with two attached hydrogens (primary N) is 1. The van der Waals surface area contributed by atoms with Crippen molar-refractivity contribution in [1.29, 1.82) is 0 Å². The molecule has 1 aromatic rings. The first kappa shape index (κ1) is 21.0. The van der Waals surface area contributed by atoms with Gasteiger partial charge in [0.05, 0.1) is 7.11 Å². The van der Waals surface area contributed by atoms with E-state index in [0.717, 1.165) is 25.7 Å². The Hall–Kier alpha value is -1.35. The predicted molar refractivity (Wildman–Crippen MR) is 102 cm³/mol. The van der Waals surface area contributed by atoms with Crippen molar-refractivity contribution in [3.05, 3.63) is 18.2 Å². The van der Waals surface area contributed by atoms with E-state index in [4.69, 9.17) is 10.5 Å². The molecule has 3 N–H and O–H groups in total. The molecule has 26 heavy (non-hydrogen) atoms. The second-order valence-corrected chi connectivity index (χ2v) is 8.64. The molecule has 9 heteroatoms. The number of sulfonamides is 1. The van der Waals surface area contributed by atoms with E-state index in [2.05, 4.69) is 5.32 Å². The summed E-state index contributed by atoms with van der Waals surface area (Å²) in [7, 11) is -2.14. The number of nitrogens with one attached hydrogen (secondary N) is 1. The van der Waals surface area contributed by atoms with Gasteiger partial charge in [0.1, 0.15) is 10.6 Å². The summed E-state index contributed by atoms with van der Waals surface area (Å²) >= 11 is 0. The van der Waals surface area contributed by atoms with Crippen LogP contribution in [0.25, 0.3) is 0 Å². The van der Waals surface area contributed by atoms with E-state index in [-0.39, 0.29) is 40.9 Å². The zero-order chi connectivity index (χ0) is 18.0. The topological polar surface area (TPSA) is 102 Å². The average molecular weight is 404 g/mol. The van der Waals surface area contributed by atoms with Crippen LogP contribution >= 0.6 is 12.4 Å². The van der Waals surface area contributed by atoms with Crippen LogP contribution in [0.1, 0.15) is 32.1 Å². The number of carbonyl (C=O) groups excluding carboxylic acids is 1. The number of rotatable bonds is 5. The molecule has 1 aromatic carbocycles. The van der Waals surface area contributed by atoms with Gasteiger partial charge in [-0.2, -0.15) is 4.31 Å². The summed E-state index contributed by atoms with van der Waals surface area (Å²) < 4.78 is 32.2. The molecule has 1 saturated carbocycles.